The monoisotopic (exact) mass is 783 g/mol. The lowest BCUT2D eigenvalue weighted by Gasteiger charge is -2.30. The lowest BCUT2D eigenvalue weighted by molar-refractivity contribution is -0.164. The second-order valence-electron chi connectivity index (χ2n) is 15.0. The molecule has 2 aliphatic rings. The van der Waals surface area contributed by atoms with Gasteiger partial charge in [0.1, 0.15) is 29.4 Å². The molecule has 1 saturated carbocycles. The standard InChI is InChI=1S/C40H45N7O8S/c1-40(2,3)55-39(52)37(50)42-32(22-27-15-9-5-10-16-27)38(51)46-24-29(47-25-33(43-45-47)28-17-11-6-12-18-28)23-34(46)36(49)41-31(21-26-13-7-4-8-14-26)35(48)44-56(53,54)30-19-20-30/h4-18,25,29-32,34H,19-24H2,1-3H3,(H,41,49)(H,42,50)(H,44,48)/t29-,31+,32-,34-/m0/s1. The summed E-state index contributed by atoms with van der Waals surface area (Å²) in [6.45, 7) is 4.78. The van der Waals surface area contributed by atoms with Gasteiger partial charge in [0, 0.05) is 31.4 Å². The van der Waals surface area contributed by atoms with Gasteiger partial charge in [0.2, 0.25) is 21.8 Å². The Hall–Kier alpha value is -5.90. The summed E-state index contributed by atoms with van der Waals surface area (Å²) in [5.41, 5.74) is 1.74. The van der Waals surface area contributed by atoms with Gasteiger partial charge in [-0.2, -0.15) is 0 Å². The molecule has 4 amide bonds. The van der Waals surface area contributed by atoms with Crippen LogP contribution in [0.4, 0.5) is 0 Å². The Kier molecular flexibility index (Phi) is 12.0. The Morgan fingerprint density at radius 2 is 1.39 bits per heavy atom. The smallest absolute Gasteiger partial charge is 0.397 e. The first-order valence-electron chi connectivity index (χ1n) is 18.4. The number of hydrogen-bond acceptors (Lipinski definition) is 10. The quantitative estimate of drug-likeness (QED) is 0.134. The van der Waals surface area contributed by atoms with Gasteiger partial charge in [-0.25, -0.2) is 17.9 Å². The van der Waals surface area contributed by atoms with Crippen LogP contribution in [0.15, 0.2) is 97.2 Å². The summed E-state index contributed by atoms with van der Waals surface area (Å²) in [6.07, 6.45) is 2.55. The van der Waals surface area contributed by atoms with Crippen molar-refractivity contribution in [2.24, 2.45) is 0 Å². The molecular formula is C40H45N7O8S. The first kappa shape index (κ1) is 39.8. The molecule has 0 bridgehead atoms. The summed E-state index contributed by atoms with van der Waals surface area (Å²) in [4.78, 5) is 69.9. The minimum atomic E-state index is -3.95. The Balaban J connectivity index is 1.31. The second kappa shape index (κ2) is 16.9. The van der Waals surface area contributed by atoms with Gasteiger partial charge in [-0.1, -0.05) is 96.2 Å². The van der Waals surface area contributed by atoms with Crippen LogP contribution < -0.4 is 15.4 Å². The molecule has 1 aliphatic carbocycles. The van der Waals surface area contributed by atoms with Gasteiger partial charge in [-0.05, 0) is 44.7 Å². The predicted molar refractivity (Wildman–Crippen MR) is 205 cm³/mol. The van der Waals surface area contributed by atoms with Gasteiger partial charge >= 0.3 is 11.9 Å². The van der Waals surface area contributed by atoms with Gasteiger partial charge in [-0.3, -0.25) is 23.9 Å². The highest BCUT2D eigenvalue weighted by Gasteiger charge is 2.45. The number of amides is 4. The molecule has 56 heavy (non-hydrogen) atoms. The van der Waals surface area contributed by atoms with Crippen molar-refractivity contribution in [2.75, 3.05) is 6.54 Å². The third-order valence-electron chi connectivity index (χ3n) is 9.41. The molecule has 0 radical (unpaired) electrons. The normalized spacial score (nSPS) is 18.0. The summed E-state index contributed by atoms with van der Waals surface area (Å²) >= 11 is 0. The Bertz CT molecular complexity index is 2150. The lowest BCUT2D eigenvalue weighted by atomic mass is 10.0. The first-order valence-corrected chi connectivity index (χ1v) is 20.0. The molecule has 15 nitrogen and oxygen atoms in total. The van der Waals surface area contributed by atoms with E-state index in [1.54, 1.807) is 92.3 Å². The summed E-state index contributed by atoms with van der Waals surface area (Å²) < 4.78 is 34.6. The van der Waals surface area contributed by atoms with Crippen LogP contribution in [0.25, 0.3) is 11.3 Å². The molecule has 4 atom stereocenters. The number of carbonyl (C=O) groups is 5. The van der Waals surface area contributed by atoms with E-state index in [1.165, 1.54) is 4.90 Å². The van der Waals surface area contributed by atoms with E-state index in [-0.39, 0.29) is 25.8 Å². The van der Waals surface area contributed by atoms with Gasteiger partial charge in [0.05, 0.1) is 17.5 Å². The van der Waals surface area contributed by atoms with Gasteiger partial charge in [0.15, 0.2) is 0 Å². The molecule has 1 saturated heterocycles. The largest absolute Gasteiger partial charge is 0.453 e. The number of sulfonamides is 1. The predicted octanol–water partition coefficient (Wildman–Crippen LogP) is 2.49. The van der Waals surface area contributed by atoms with Crippen molar-refractivity contribution < 1.29 is 37.1 Å². The van der Waals surface area contributed by atoms with Crippen LogP contribution in [0, 0.1) is 0 Å². The van der Waals surface area contributed by atoms with Crippen LogP contribution in [0.3, 0.4) is 0 Å². The van der Waals surface area contributed by atoms with Crippen LogP contribution in [0.2, 0.25) is 0 Å². The first-order chi connectivity index (χ1) is 26.7. The van der Waals surface area contributed by atoms with Crippen molar-refractivity contribution in [2.45, 2.75) is 87.9 Å². The number of aromatic nitrogens is 3. The highest BCUT2D eigenvalue weighted by atomic mass is 32.2. The fourth-order valence-corrected chi connectivity index (χ4v) is 7.83. The SMILES string of the molecule is CC(C)(C)OC(=O)C(=O)N[C@@H](Cc1ccccc1)C(=O)N1C[C@@H](n2cc(-c3ccccc3)nn2)C[C@H]1C(=O)N[C@H](Cc1ccccc1)C(=O)NS(=O)(=O)C1CC1. The van der Waals surface area contributed by atoms with E-state index >= 15 is 0 Å². The minimum absolute atomic E-state index is 0.0245. The van der Waals surface area contributed by atoms with E-state index in [2.05, 4.69) is 25.7 Å². The fraction of sp³-hybridized carbons (Fsp3) is 0.375. The molecule has 2 heterocycles. The maximum atomic E-state index is 14.7. The number of hydrogen-bond donors (Lipinski definition) is 3. The van der Waals surface area contributed by atoms with E-state index in [0.29, 0.717) is 29.7 Å². The van der Waals surface area contributed by atoms with E-state index in [4.69, 9.17) is 4.74 Å². The average molecular weight is 784 g/mol. The third kappa shape index (κ3) is 10.2. The minimum Gasteiger partial charge on any atom is -0.453 e. The van der Waals surface area contributed by atoms with Crippen molar-refractivity contribution in [3.8, 4) is 11.3 Å². The molecule has 3 N–H and O–H groups in total. The van der Waals surface area contributed by atoms with E-state index in [9.17, 15) is 32.4 Å². The maximum absolute atomic E-state index is 14.7. The Labute approximate surface area is 325 Å². The number of likely N-dealkylation sites (tertiary alicyclic amines) is 1. The Morgan fingerprint density at radius 3 is 1.96 bits per heavy atom. The highest BCUT2D eigenvalue weighted by molar-refractivity contribution is 7.90. The van der Waals surface area contributed by atoms with Gasteiger partial charge in [-0.15, -0.1) is 5.10 Å². The topological polar surface area (TPSA) is 199 Å². The number of nitrogens with one attached hydrogen (secondary N) is 3. The molecule has 0 unspecified atom stereocenters. The molecule has 2 fully saturated rings. The molecule has 16 heteroatoms. The van der Waals surface area contributed by atoms with Crippen LogP contribution in [0.5, 0.6) is 0 Å². The third-order valence-corrected chi connectivity index (χ3v) is 11.2. The van der Waals surface area contributed by atoms with Crippen LogP contribution in [0.1, 0.15) is 57.2 Å². The van der Waals surface area contributed by atoms with Gasteiger partial charge in [0.25, 0.3) is 5.91 Å². The number of carbonyl (C=O) groups excluding carboxylic acids is 5. The highest BCUT2D eigenvalue weighted by Crippen LogP contribution is 2.30. The molecule has 0 spiro atoms. The molecular weight excluding hydrogens is 739 g/mol. The molecule has 1 aromatic heterocycles. The number of ether oxygens (including phenoxy) is 1. The van der Waals surface area contributed by atoms with Crippen molar-refractivity contribution in [3.05, 3.63) is 108 Å². The molecule has 294 valence electrons. The van der Waals surface area contributed by atoms with E-state index < -0.39 is 74.6 Å². The molecule has 6 rings (SSSR count). The van der Waals surface area contributed by atoms with Gasteiger partial charge < -0.3 is 20.3 Å². The van der Waals surface area contributed by atoms with Crippen molar-refractivity contribution in [1.29, 1.82) is 0 Å². The second-order valence-corrected chi connectivity index (χ2v) is 17.0. The van der Waals surface area contributed by atoms with Crippen LogP contribution in [-0.2, 0) is 51.6 Å². The fourth-order valence-electron chi connectivity index (χ4n) is 6.49. The lowest BCUT2D eigenvalue weighted by Crippen LogP contribution is -2.58. The summed E-state index contributed by atoms with van der Waals surface area (Å²) in [5.74, 6) is -4.61. The molecule has 4 aromatic rings. The molecule has 3 aromatic carbocycles. The van der Waals surface area contributed by atoms with E-state index in [1.807, 2.05) is 30.3 Å². The number of nitrogens with zero attached hydrogens (tertiary/aromatic N) is 4. The van der Waals surface area contributed by atoms with E-state index in [0.717, 1.165) is 5.56 Å². The number of esters is 1. The zero-order valence-electron chi connectivity index (χ0n) is 31.3. The van der Waals surface area contributed by atoms with Crippen molar-refractivity contribution >= 4 is 39.6 Å². The zero-order valence-corrected chi connectivity index (χ0v) is 32.1. The van der Waals surface area contributed by atoms with Crippen molar-refractivity contribution in [1.82, 2.24) is 35.2 Å². The Morgan fingerprint density at radius 1 is 0.821 bits per heavy atom. The zero-order chi connectivity index (χ0) is 40.0. The number of rotatable bonds is 13. The van der Waals surface area contributed by atoms with Crippen molar-refractivity contribution in [3.63, 3.8) is 0 Å². The molecule has 1 aliphatic heterocycles. The van der Waals surface area contributed by atoms with Crippen LogP contribution in [-0.4, -0.2) is 93.4 Å². The summed E-state index contributed by atoms with van der Waals surface area (Å²) in [7, 11) is -3.95. The summed E-state index contributed by atoms with van der Waals surface area (Å²) in [5, 5.41) is 13.2. The maximum Gasteiger partial charge on any atom is 0.397 e. The van der Waals surface area contributed by atoms with Crippen LogP contribution >= 0.6 is 0 Å². The summed E-state index contributed by atoms with van der Waals surface area (Å²) in [6, 6.07) is 22.6. The average Bonchev–Trinajstić information content (AvgIpc) is 3.77. The number of benzene rings is 3.